The molecule has 6 nitrogen and oxygen atoms in total. The fourth-order valence-electron chi connectivity index (χ4n) is 3.19. The van der Waals surface area contributed by atoms with Gasteiger partial charge in [0.15, 0.2) is 12.7 Å². The topological polar surface area (TPSA) is 66.2 Å². The summed E-state index contributed by atoms with van der Waals surface area (Å²) in [6.07, 6.45) is 1.97. The normalized spacial score (nSPS) is 21.0. The van der Waals surface area contributed by atoms with Crippen molar-refractivity contribution >= 4 is 5.69 Å². The third-order valence-corrected chi connectivity index (χ3v) is 4.45. The molecule has 23 heavy (non-hydrogen) atoms. The van der Waals surface area contributed by atoms with Gasteiger partial charge in [-0.3, -0.25) is 10.1 Å². The first kappa shape index (κ1) is 15.6. The van der Waals surface area contributed by atoms with E-state index in [1.165, 1.54) is 10.6 Å². The molecule has 0 radical (unpaired) electrons. The highest BCUT2D eigenvalue weighted by atomic mass is 16.6. The van der Waals surface area contributed by atoms with Crippen molar-refractivity contribution in [3.63, 3.8) is 0 Å². The summed E-state index contributed by atoms with van der Waals surface area (Å²) in [5.74, 6) is 0. The molecule has 120 valence electrons. The van der Waals surface area contributed by atoms with Crippen molar-refractivity contribution in [2.24, 2.45) is 0 Å². The third kappa shape index (κ3) is 4.34. The summed E-state index contributed by atoms with van der Waals surface area (Å²) < 4.78 is 0. The van der Waals surface area contributed by atoms with Crippen molar-refractivity contribution in [3.8, 4) is 0 Å². The molecule has 0 unspecified atom stereocenters. The van der Waals surface area contributed by atoms with Crippen LogP contribution in [0.25, 0.3) is 0 Å². The maximum Gasteiger partial charge on any atom is 0.269 e. The molecule has 1 aromatic heterocycles. The molecule has 0 bridgehead atoms. The Morgan fingerprint density at radius 3 is 2.39 bits per heavy atom. The van der Waals surface area contributed by atoms with Crippen LogP contribution in [0.5, 0.6) is 0 Å². The van der Waals surface area contributed by atoms with E-state index in [1.807, 2.05) is 18.3 Å². The molecule has 0 spiro atoms. The lowest BCUT2D eigenvalue weighted by Crippen LogP contribution is -3.27. The van der Waals surface area contributed by atoms with E-state index in [1.54, 1.807) is 23.1 Å². The Kier molecular flexibility index (Phi) is 4.95. The molecule has 6 heteroatoms. The minimum absolute atomic E-state index is 0.186. The van der Waals surface area contributed by atoms with Crippen molar-refractivity contribution in [1.82, 2.24) is 0 Å². The highest BCUT2D eigenvalue weighted by Gasteiger charge is 2.24. The summed E-state index contributed by atoms with van der Waals surface area (Å²) in [5.41, 5.74) is 2.50. The Bertz CT molecular complexity index is 655. The SMILES string of the molecule is O=[N+]([O-])c1cccc(C[NH+]2CC[NH+](Cc3cccc[nH+]3)CC2)c1. The molecule has 0 amide bonds. The predicted octanol–water partition coefficient (Wildman–Crippen LogP) is -1.11. The highest BCUT2D eigenvalue weighted by Crippen LogP contribution is 2.12. The first-order valence-electron chi connectivity index (χ1n) is 8.07. The van der Waals surface area contributed by atoms with Gasteiger partial charge in [0, 0.05) is 29.8 Å². The number of aromatic nitrogens is 1. The van der Waals surface area contributed by atoms with Crippen LogP contribution < -0.4 is 14.8 Å². The largest absolute Gasteiger partial charge is 0.322 e. The van der Waals surface area contributed by atoms with Crippen molar-refractivity contribution in [2.75, 3.05) is 26.2 Å². The number of non-ortho nitro benzene ring substituents is 1. The van der Waals surface area contributed by atoms with E-state index in [4.69, 9.17) is 0 Å². The van der Waals surface area contributed by atoms with E-state index in [0.717, 1.165) is 44.8 Å². The van der Waals surface area contributed by atoms with Gasteiger partial charge < -0.3 is 9.80 Å². The van der Waals surface area contributed by atoms with Gasteiger partial charge in [-0.05, 0) is 6.07 Å². The minimum atomic E-state index is -0.322. The molecule has 1 aliphatic heterocycles. The number of nitro groups is 1. The van der Waals surface area contributed by atoms with Crippen molar-refractivity contribution in [1.29, 1.82) is 0 Å². The van der Waals surface area contributed by atoms with Gasteiger partial charge >= 0.3 is 0 Å². The van der Waals surface area contributed by atoms with Gasteiger partial charge in [0.2, 0.25) is 5.69 Å². The lowest BCUT2D eigenvalue weighted by molar-refractivity contribution is -1.03. The number of aromatic amines is 1. The number of benzene rings is 1. The van der Waals surface area contributed by atoms with Crippen LogP contribution in [0.4, 0.5) is 5.69 Å². The zero-order valence-electron chi connectivity index (χ0n) is 13.1. The molecule has 2 heterocycles. The highest BCUT2D eigenvalue weighted by molar-refractivity contribution is 5.33. The number of quaternary nitrogens is 2. The number of nitrogens with zero attached hydrogens (tertiary/aromatic N) is 1. The van der Waals surface area contributed by atoms with Gasteiger partial charge in [0.05, 0.1) is 4.92 Å². The Hall–Kier alpha value is -2.31. The molecule has 3 N–H and O–H groups in total. The van der Waals surface area contributed by atoms with E-state index < -0.39 is 0 Å². The molecular formula is C17H23N4O2+3. The molecule has 0 atom stereocenters. The van der Waals surface area contributed by atoms with Gasteiger partial charge in [-0.15, -0.1) is 0 Å². The smallest absolute Gasteiger partial charge is 0.269 e. The summed E-state index contributed by atoms with van der Waals surface area (Å²) in [5, 5.41) is 10.9. The third-order valence-electron chi connectivity index (χ3n) is 4.45. The van der Waals surface area contributed by atoms with Gasteiger partial charge in [0.25, 0.3) is 5.69 Å². The Morgan fingerprint density at radius 1 is 1.00 bits per heavy atom. The Morgan fingerprint density at radius 2 is 1.74 bits per heavy atom. The lowest BCUT2D eigenvalue weighted by atomic mass is 10.1. The molecular weight excluding hydrogens is 292 g/mol. The molecule has 2 aromatic rings. The average molecular weight is 315 g/mol. The fraction of sp³-hybridized carbons (Fsp3) is 0.353. The maximum absolute atomic E-state index is 10.9. The predicted molar refractivity (Wildman–Crippen MR) is 84.9 cm³/mol. The fourth-order valence-corrected chi connectivity index (χ4v) is 3.19. The van der Waals surface area contributed by atoms with Crippen LogP contribution in [0, 0.1) is 10.1 Å². The minimum Gasteiger partial charge on any atom is -0.322 e. The van der Waals surface area contributed by atoms with Gasteiger partial charge in [-0.25, -0.2) is 4.98 Å². The van der Waals surface area contributed by atoms with Crippen molar-refractivity contribution in [2.45, 2.75) is 13.1 Å². The standard InChI is InChI=1S/C17H20N4O2/c22-21(23)17-6-3-4-15(12-17)13-19-8-10-20(11-9-19)14-16-5-1-2-7-18-16/h1-7,12H,8-11,13-14H2/p+3. The van der Waals surface area contributed by atoms with Crippen LogP contribution in [-0.2, 0) is 13.1 Å². The first-order chi connectivity index (χ1) is 11.2. The monoisotopic (exact) mass is 315 g/mol. The van der Waals surface area contributed by atoms with E-state index in [9.17, 15) is 10.1 Å². The number of H-pyrrole nitrogens is 1. The second-order valence-corrected chi connectivity index (χ2v) is 6.17. The average Bonchev–Trinajstić information content (AvgIpc) is 2.58. The molecule has 0 saturated carbocycles. The molecule has 0 aliphatic carbocycles. The van der Waals surface area contributed by atoms with E-state index in [0.29, 0.717) is 0 Å². The second-order valence-electron chi connectivity index (χ2n) is 6.17. The van der Waals surface area contributed by atoms with E-state index in [2.05, 4.69) is 17.1 Å². The number of rotatable bonds is 5. The van der Waals surface area contributed by atoms with Crippen LogP contribution >= 0.6 is 0 Å². The number of pyridine rings is 1. The summed E-state index contributed by atoms with van der Waals surface area (Å²) in [6, 6.07) is 13.2. The van der Waals surface area contributed by atoms with Gasteiger partial charge in [-0.1, -0.05) is 12.1 Å². The van der Waals surface area contributed by atoms with Crippen LogP contribution in [0.1, 0.15) is 11.3 Å². The van der Waals surface area contributed by atoms with Crippen LogP contribution in [-0.4, -0.2) is 31.1 Å². The summed E-state index contributed by atoms with van der Waals surface area (Å²) in [7, 11) is 0. The number of hydrogen-bond donors (Lipinski definition) is 2. The van der Waals surface area contributed by atoms with Crippen molar-refractivity contribution in [3.05, 3.63) is 70.0 Å². The van der Waals surface area contributed by atoms with E-state index in [-0.39, 0.29) is 10.6 Å². The zero-order valence-corrected chi connectivity index (χ0v) is 13.1. The number of hydrogen-bond acceptors (Lipinski definition) is 2. The molecule has 1 aliphatic rings. The lowest BCUT2D eigenvalue weighted by Gasteiger charge is -2.28. The summed E-state index contributed by atoms with van der Waals surface area (Å²) >= 11 is 0. The summed E-state index contributed by atoms with van der Waals surface area (Å²) in [4.78, 5) is 16.9. The quantitative estimate of drug-likeness (QED) is 0.543. The van der Waals surface area contributed by atoms with Crippen LogP contribution in [0.15, 0.2) is 48.7 Å². The Balaban J connectivity index is 1.51. The van der Waals surface area contributed by atoms with Gasteiger partial charge in [-0.2, -0.15) is 0 Å². The van der Waals surface area contributed by atoms with E-state index >= 15 is 0 Å². The summed E-state index contributed by atoms with van der Waals surface area (Å²) in [6.45, 7) is 6.37. The number of nitro benzene ring substituents is 1. The molecule has 1 aromatic carbocycles. The molecule has 1 fully saturated rings. The number of piperazine rings is 1. The van der Waals surface area contributed by atoms with Gasteiger partial charge in [0.1, 0.15) is 32.7 Å². The Labute approximate surface area is 135 Å². The number of nitrogens with one attached hydrogen (secondary N) is 3. The first-order valence-corrected chi connectivity index (χ1v) is 8.07. The molecule has 3 rings (SSSR count). The molecule has 1 saturated heterocycles. The van der Waals surface area contributed by atoms with Crippen LogP contribution in [0.3, 0.4) is 0 Å². The van der Waals surface area contributed by atoms with Crippen LogP contribution in [0.2, 0.25) is 0 Å². The second kappa shape index (κ2) is 7.30. The zero-order chi connectivity index (χ0) is 16.1. The van der Waals surface area contributed by atoms with Crippen molar-refractivity contribution < 1.29 is 19.7 Å². The maximum atomic E-state index is 10.9.